The van der Waals surface area contributed by atoms with E-state index in [9.17, 15) is 9.59 Å². The molecule has 7 heteroatoms. The van der Waals surface area contributed by atoms with Crippen LogP contribution in [-0.4, -0.2) is 35.2 Å². The van der Waals surface area contributed by atoms with Gasteiger partial charge in [0, 0.05) is 13.0 Å². The average Bonchev–Trinajstić information content (AvgIpc) is 2.72. The van der Waals surface area contributed by atoms with Gasteiger partial charge < -0.3 is 15.2 Å². The first-order valence-electron chi connectivity index (χ1n) is 6.12. The molecule has 0 spiro atoms. The molecule has 1 atom stereocenters. The van der Waals surface area contributed by atoms with E-state index in [1.165, 1.54) is 0 Å². The van der Waals surface area contributed by atoms with Crippen LogP contribution in [-0.2, 0) is 9.53 Å². The van der Waals surface area contributed by atoms with Crippen molar-refractivity contribution in [2.24, 2.45) is 0 Å². The SMILES string of the molecule is CC(C)(C)OCCC(NC(=O)c1ccc(Cl)s1)C(=O)O. The lowest BCUT2D eigenvalue weighted by Crippen LogP contribution is -2.41. The number of hydrogen-bond acceptors (Lipinski definition) is 4. The van der Waals surface area contributed by atoms with E-state index in [0.29, 0.717) is 9.21 Å². The third-order valence-corrected chi connectivity index (χ3v) is 3.57. The van der Waals surface area contributed by atoms with Crippen LogP contribution in [0.2, 0.25) is 4.34 Å². The summed E-state index contributed by atoms with van der Waals surface area (Å²) in [4.78, 5) is 23.4. The molecule has 112 valence electrons. The van der Waals surface area contributed by atoms with Crippen LogP contribution in [0.5, 0.6) is 0 Å². The number of carboxylic acid groups (broad SMARTS) is 1. The van der Waals surface area contributed by atoms with E-state index in [-0.39, 0.29) is 18.6 Å². The number of ether oxygens (including phenoxy) is 1. The number of carboxylic acids is 1. The third kappa shape index (κ3) is 5.90. The summed E-state index contributed by atoms with van der Waals surface area (Å²) in [6, 6.07) is 2.18. The predicted octanol–water partition coefficient (Wildman–Crippen LogP) is 2.79. The van der Waals surface area contributed by atoms with Crippen molar-refractivity contribution in [3.63, 3.8) is 0 Å². The van der Waals surface area contributed by atoms with Crippen LogP contribution in [0.15, 0.2) is 12.1 Å². The van der Waals surface area contributed by atoms with E-state index in [2.05, 4.69) is 5.32 Å². The van der Waals surface area contributed by atoms with Crippen molar-refractivity contribution in [3.05, 3.63) is 21.3 Å². The summed E-state index contributed by atoms with van der Waals surface area (Å²) >= 11 is 6.85. The average molecular weight is 320 g/mol. The van der Waals surface area contributed by atoms with Gasteiger partial charge in [0.1, 0.15) is 6.04 Å². The minimum absolute atomic E-state index is 0.206. The zero-order valence-corrected chi connectivity index (χ0v) is 13.2. The molecule has 0 aliphatic heterocycles. The first kappa shape index (κ1) is 16.9. The molecule has 5 nitrogen and oxygen atoms in total. The predicted molar refractivity (Wildman–Crippen MR) is 78.5 cm³/mol. The van der Waals surface area contributed by atoms with Crippen LogP contribution in [0.25, 0.3) is 0 Å². The standard InChI is InChI=1S/C13H18ClNO4S/c1-13(2,3)19-7-6-8(12(17)18)15-11(16)9-4-5-10(14)20-9/h4-5,8H,6-7H2,1-3H3,(H,15,16)(H,17,18). The Labute approximate surface area is 126 Å². The number of carbonyl (C=O) groups excluding carboxylic acids is 1. The van der Waals surface area contributed by atoms with Crippen molar-refractivity contribution in [3.8, 4) is 0 Å². The number of halogens is 1. The highest BCUT2D eigenvalue weighted by molar-refractivity contribution is 7.18. The Morgan fingerprint density at radius 1 is 1.45 bits per heavy atom. The Morgan fingerprint density at radius 3 is 2.55 bits per heavy atom. The van der Waals surface area contributed by atoms with Gasteiger partial charge in [-0.1, -0.05) is 11.6 Å². The van der Waals surface area contributed by atoms with Crippen molar-refractivity contribution in [2.45, 2.75) is 38.8 Å². The quantitative estimate of drug-likeness (QED) is 0.845. The number of carbonyl (C=O) groups is 2. The van der Waals surface area contributed by atoms with E-state index < -0.39 is 17.9 Å². The molecule has 1 rings (SSSR count). The first-order valence-corrected chi connectivity index (χ1v) is 7.31. The highest BCUT2D eigenvalue weighted by atomic mass is 35.5. The van der Waals surface area contributed by atoms with Crippen LogP contribution < -0.4 is 5.32 Å². The Hall–Kier alpha value is -1.11. The molecule has 0 saturated carbocycles. The van der Waals surface area contributed by atoms with E-state index in [4.69, 9.17) is 21.4 Å². The van der Waals surface area contributed by atoms with Gasteiger partial charge in [0.25, 0.3) is 5.91 Å². The van der Waals surface area contributed by atoms with E-state index >= 15 is 0 Å². The maximum atomic E-state index is 11.9. The van der Waals surface area contributed by atoms with Gasteiger partial charge in [-0.3, -0.25) is 4.79 Å². The van der Waals surface area contributed by atoms with Crippen LogP contribution in [0.4, 0.5) is 0 Å². The fourth-order valence-electron chi connectivity index (χ4n) is 1.41. The number of aliphatic carboxylic acids is 1. The zero-order chi connectivity index (χ0) is 15.3. The molecule has 1 heterocycles. The second kappa shape index (κ2) is 7.06. The lowest BCUT2D eigenvalue weighted by molar-refractivity contribution is -0.140. The second-order valence-corrected chi connectivity index (χ2v) is 6.93. The molecule has 1 amide bonds. The van der Waals surface area contributed by atoms with Gasteiger partial charge in [0.05, 0.1) is 14.8 Å². The molecule has 1 unspecified atom stereocenters. The maximum Gasteiger partial charge on any atom is 0.326 e. The molecule has 2 N–H and O–H groups in total. The largest absolute Gasteiger partial charge is 0.480 e. The minimum Gasteiger partial charge on any atom is -0.480 e. The van der Waals surface area contributed by atoms with Gasteiger partial charge in [-0.2, -0.15) is 0 Å². The topological polar surface area (TPSA) is 75.6 Å². The summed E-state index contributed by atoms with van der Waals surface area (Å²) in [5.74, 6) is -1.52. The first-order chi connectivity index (χ1) is 9.19. The van der Waals surface area contributed by atoms with Gasteiger partial charge in [0.2, 0.25) is 0 Å². The Balaban J connectivity index is 2.55. The number of hydrogen-bond donors (Lipinski definition) is 2. The van der Waals surface area contributed by atoms with E-state index in [1.807, 2.05) is 20.8 Å². The Bertz CT molecular complexity index is 481. The molecule has 0 radical (unpaired) electrons. The van der Waals surface area contributed by atoms with Crippen molar-refractivity contribution in [1.29, 1.82) is 0 Å². The van der Waals surface area contributed by atoms with Gasteiger partial charge >= 0.3 is 5.97 Å². The van der Waals surface area contributed by atoms with Crippen molar-refractivity contribution < 1.29 is 19.4 Å². The lowest BCUT2D eigenvalue weighted by atomic mass is 10.1. The molecule has 0 aliphatic carbocycles. The minimum atomic E-state index is -1.08. The monoisotopic (exact) mass is 319 g/mol. The number of thiophene rings is 1. The summed E-state index contributed by atoms with van der Waals surface area (Å²) in [5, 5.41) is 11.6. The molecule has 0 aliphatic rings. The summed E-state index contributed by atoms with van der Waals surface area (Å²) < 4.78 is 5.95. The summed E-state index contributed by atoms with van der Waals surface area (Å²) in [5.41, 5.74) is -0.339. The van der Waals surface area contributed by atoms with Crippen molar-refractivity contribution in [1.82, 2.24) is 5.32 Å². The summed E-state index contributed by atoms with van der Waals surface area (Å²) in [7, 11) is 0. The molecular weight excluding hydrogens is 302 g/mol. The van der Waals surface area contributed by atoms with Gasteiger partial charge in [-0.15, -0.1) is 11.3 Å². The van der Waals surface area contributed by atoms with Crippen LogP contribution >= 0.6 is 22.9 Å². The van der Waals surface area contributed by atoms with Crippen molar-refractivity contribution >= 4 is 34.8 Å². The highest BCUT2D eigenvalue weighted by Crippen LogP contribution is 2.21. The molecule has 0 saturated heterocycles. The molecule has 1 aromatic rings. The van der Waals surface area contributed by atoms with E-state index in [0.717, 1.165) is 11.3 Å². The Kier molecular flexibility index (Phi) is 5.98. The van der Waals surface area contributed by atoms with Gasteiger partial charge in [-0.25, -0.2) is 4.79 Å². The van der Waals surface area contributed by atoms with Gasteiger partial charge in [0.15, 0.2) is 0 Å². The van der Waals surface area contributed by atoms with Crippen LogP contribution in [0.3, 0.4) is 0 Å². The number of rotatable bonds is 6. The molecule has 0 fully saturated rings. The molecule has 20 heavy (non-hydrogen) atoms. The lowest BCUT2D eigenvalue weighted by Gasteiger charge is -2.21. The normalized spacial score (nSPS) is 13.0. The van der Waals surface area contributed by atoms with Crippen molar-refractivity contribution in [2.75, 3.05) is 6.61 Å². The smallest absolute Gasteiger partial charge is 0.326 e. The summed E-state index contributed by atoms with van der Waals surface area (Å²) in [6.07, 6.45) is 0.206. The molecule has 1 aromatic heterocycles. The maximum absolute atomic E-state index is 11.9. The molecule has 0 bridgehead atoms. The fraction of sp³-hybridized carbons (Fsp3) is 0.538. The third-order valence-electron chi connectivity index (χ3n) is 2.34. The van der Waals surface area contributed by atoms with Gasteiger partial charge in [-0.05, 0) is 32.9 Å². The Morgan fingerprint density at radius 2 is 2.10 bits per heavy atom. The summed E-state index contributed by atoms with van der Waals surface area (Å²) in [6.45, 7) is 5.91. The number of nitrogens with one attached hydrogen (secondary N) is 1. The van der Waals surface area contributed by atoms with Crippen LogP contribution in [0.1, 0.15) is 36.9 Å². The van der Waals surface area contributed by atoms with E-state index in [1.54, 1.807) is 12.1 Å². The van der Waals surface area contributed by atoms with Crippen LogP contribution in [0, 0.1) is 0 Å². The fourth-order valence-corrected chi connectivity index (χ4v) is 2.35. The number of amides is 1. The molecule has 0 aromatic carbocycles. The highest BCUT2D eigenvalue weighted by Gasteiger charge is 2.22. The second-order valence-electron chi connectivity index (χ2n) is 5.22. The molecular formula is C13H18ClNO4S. The zero-order valence-electron chi connectivity index (χ0n) is 11.6.